The van der Waals surface area contributed by atoms with E-state index < -0.39 is 36.7 Å². The van der Waals surface area contributed by atoms with Gasteiger partial charge in [0, 0.05) is 13.5 Å². The van der Waals surface area contributed by atoms with E-state index in [1.54, 1.807) is 0 Å². The molecule has 0 radical (unpaired) electrons. The highest BCUT2D eigenvalue weighted by Crippen LogP contribution is 2.37. The summed E-state index contributed by atoms with van der Waals surface area (Å²) in [5.41, 5.74) is 1.20. The Kier molecular flexibility index (Phi) is 8.90. The molecule has 1 aliphatic heterocycles. The molecule has 1 saturated heterocycles. The molecular formula is C23H27ClO9. The van der Waals surface area contributed by atoms with Gasteiger partial charge in [-0.05, 0) is 17.7 Å². The molecule has 5 atom stereocenters. The van der Waals surface area contributed by atoms with Crippen molar-refractivity contribution < 1.29 is 43.8 Å². The van der Waals surface area contributed by atoms with Crippen molar-refractivity contribution in [2.45, 2.75) is 37.1 Å². The van der Waals surface area contributed by atoms with E-state index in [1.807, 2.05) is 30.3 Å². The van der Waals surface area contributed by atoms with Gasteiger partial charge >= 0.3 is 5.97 Å². The van der Waals surface area contributed by atoms with Gasteiger partial charge in [0.2, 0.25) is 0 Å². The van der Waals surface area contributed by atoms with Crippen molar-refractivity contribution in [2.75, 3.05) is 27.4 Å². The van der Waals surface area contributed by atoms with E-state index in [-0.39, 0.29) is 22.9 Å². The normalized spacial score (nSPS) is 24.8. The molecule has 0 spiro atoms. The molecule has 180 valence electrons. The van der Waals surface area contributed by atoms with E-state index >= 15 is 0 Å². The summed E-state index contributed by atoms with van der Waals surface area (Å²) >= 11 is 6.33. The minimum atomic E-state index is -1.52. The molecule has 0 unspecified atom stereocenters. The highest BCUT2D eigenvalue weighted by Gasteiger charge is 2.44. The lowest BCUT2D eigenvalue weighted by Gasteiger charge is -2.39. The lowest BCUT2D eigenvalue weighted by atomic mass is 9.99. The Morgan fingerprint density at radius 1 is 1.06 bits per heavy atom. The maximum atomic E-state index is 12.6. The van der Waals surface area contributed by atoms with Crippen LogP contribution in [-0.4, -0.2) is 79.4 Å². The fourth-order valence-electron chi connectivity index (χ4n) is 3.38. The predicted molar refractivity (Wildman–Crippen MR) is 118 cm³/mol. The fourth-order valence-corrected chi connectivity index (χ4v) is 3.65. The lowest BCUT2D eigenvalue weighted by molar-refractivity contribution is -0.294. The Bertz CT molecular complexity index is 922. The summed E-state index contributed by atoms with van der Waals surface area (Å²) in [6, 6.07) is 12.6. The highest BCUT2D eigenvalue weighted by atomic mass is 35.5. The van der Waals surface area contributed by atoms with Crippen molar-refractivity contribution in [1.82, 2.24) is 0 Å². The van der Waals surface area contributed by atoms with Gasteiger partial charge in [-0.15, -0.1) is 0 Å². The average molecular weight is 483 g/mol. The van der Waals surface area contributed by atoms with Gasteiger partial charge in [0.1, 0.15) is 31.0 Å². The zero-order chi connectivity index (χ0) is 24.0. The summed E-state index contributed by atoms with van der Waals surface area (Å²) in [6.45, 7) is -0.0332. The number of hydrogen-bond acceptors (Lipinski definition) is 9. The average Bonchev–Trinajstić information content (AvgIpc) is 2.83. The largest absolute Gasteiger partial charge is 0.493 e. The minimum Gasteiger partial charge on any atom is -0.493 e. The van der Waals surface area contributed by atoms with Crippen LogP contribution in [0.15, 0.2) is 42.5 Å². The predicted octanol–water partition coefficient (Wildman–Crippen LogP) is 1.58. The second kappa shape index (κ2) is 11.6. The number of carbonyl (C=O) groups excluding carboxylic acids is 1. The van der Waals surface area contributed by atoms with Crippen molar-refractivity contribution in [2.24, 2.45) is 0 Å². The number of benzene rings is 2. The first-order valence-electron chi connectivity index (χ1n) is 10.3. The number of ether oxygens (including phenoxy) is 5. The van der Waals surface area contributed by atoms with Gasteiger partial charge < -0.3 is 39.0 Å². The maximum Gasteiger partial charge on any atom is 0.338 e. The van der Waals surface area contributed by atoms with Crippen LogP contribution in [0.2, 0.25) is 5.02 Å². The van der Waals surface area contributed by atoms with E-state index in [1.165, 1.54) is 26.4 Å². The van der Waals surface area contributed by atoms with Crippen LogP contribution < -0.4 is 9.47 Å². The molecule has 1 fully saturated rings. The second-order valence-electron chi connectivity index (χ2n) is 7.42. The van der Waals surface area contributed by atoms with Crippen LogP contribution in [0.5, 0.6) is 11.5 Å². The van der Waals surface area contributed by atoms with Crippen LogP contribution in [0.25, 0.3) is 0 Å². The molecule has 2 aromatic rings. The quantitative estimate of drug-likeness (QED) is 0.457. The molecule has 33 heavy (non-hydrogen) atoms. The second-order valence-corrected chi connectivity index (χ2v) is 7.83. The first-order chi connectivity index (χ1) is 15.8. The summed E-state index contributed by atoms with van der Waals surface area (Å²) in [5.74, 6) is -0.191. The Balaban J connectivity index is 1.63. The Hall–Kier alpha value is -2.40. The third kappa shape index (κ3) is 6.14. The Morgan fingerprint density at radius 3 is 2.45 bits per heavy atom. The monoisotopic (exact) mass is 482 g/mol. The summed E-state index contributed by atoms with van der Waals surface area (Å²) < 4.78 is 26.6. The Morgan fingerprint density at radius 2 is 1.79 bits per heavy atom. The molecule has 1 heterocycles. The molecular weight excluding hydrogens is 456 g/mol. The molecule has 0 amide bonds. The zero-order valence-electron chi connectivity index (χ0n) is 18.2. The van der Waals surface area contributed by atoms with Gasteiger partial charge in [-0.3, -0.25) is 0 Å². The highest BCUT2D eigenvalue weighted by molar-refractivity contribution is 6.32. The number of halogens is 1. The number of carbonyl (C=O) groups is 1. The lowest BCUT2D eigenvalue weighted by Crippen LogP contribution is -2.59. The van der Waals surface area contributed by atoms with Crippen LogP contribution in [0.1, 0.15) is 15.9 Å². The third-order valence-electron chi connectivity index (χ3n) is 5.22. The fraction of sp³-hybridized carbons (Fsp3) is 0.435. The number of rotatable bonds is 9. The number of esters is 1. The first-order valence-corrected chi connectivity index (χ1v) is 10.7. The van der Waals surface area contributed by atoms with Crippen LogP contribution in [0.4, 0.5) is 0 Å². The topological polar surface area (TPSA) is 124 Å². The minimum absolute atomic E-state index is 0.0985. The zero-order valence-corrected chi connectivity index (χ0v) is 19.0. The van der Waals surface area contributed by atoms with E-state index in [2.05, 4.69) is 0 Å². The van der Waals surface area contributed by atoms with Gasteiger partial charge in [-0.2, -0.15) is 0 Å². The summed E-state index contributed by atoms with van der Waals surface area (Å²) in [5, 5.41) is 30.0. The summed E-state index contributed by atoms with van der Waals surface area (Å²) in [7, 11) is 2.70. The van der Waals surface area contributed by atoms with Gasteiger partial charge in [0.05, 0.1) is 24.3 Å². The molecule has 10 heteroatoms. The molecule has 2 aromatic carbocycles. The molecule has 3 N–H and O–H groups in total. The molecule has 0 bridgehead atoms. The number of aliphatic hydroxyl groups excluding tert-OH is 3. The van der Waals surface area contributed by atoms with Crippen molar-refractivity contribution in [3.63, 3.8) is 0 Å². The molecule has 9 nitrogen and oxygen atoms in total. The van der Waals surface area contributed by atoms with E-state index in [9.17, 15) is 20.1 Å². The number of hydrogen-bond donors (Lipinski definition) is 3. The van der Waals surface area contributed by atoms with E-state index in [4.69, 9.17) is 35.3 Å². The third-order valence-corrected chi connectivity index (χ3v) is 5.51. The summed E-state index contributed by atoms with van der Waals surface area (Å²) in [4.78, 5) is 12.6. The molecule has 1 aliphatic rings. The maximum absolute atomic E-state index is 12.6. The van der Waals surface area contributed by atoms with Crippen molar-refractivity contribution in [1.29, 1.82) is 0 Å². The van der Waals surface area contributed by atoms with Gasteiger partial charge in [0.25, 0.3) is 0 Å². The van der Waals surface area contributed by atoms with Crippen molar-refractivity contribution in [3.05, 3.63) is 58.6 Å². The first kappa shape index (κ1) is 25.2. The SMILES string of the molecule is COc1cc(C(=O)OC[C@H]2O[C@@H](OC)[C@H](O)[C@@H](O)[C@@H]2O)cc(Cl)c1OCCc1ccccc1. The van der Waals surface area contributed by atoms with Crippen LogP contribution in [-0.2, 0) is 20.6 Å². The van der Waals surface area contributed by atoms with Gasteiger partial charge in [-0.1, -0.05) is 41.9 Å². The van der Waals surface area contributed by atoms with Crippen LogP contribution in [0.3, 0.4) is 0 Å². The molecule has 0 saturated carbocycles. The van der Waals surface area contributed by atoms with E-state index in [0.717, 1.165) is 5.56 Å². The van der Waals surface area contributed by atoms with Crippen molar-refractivity contribution in [3.8, 4) is 11.5 Å². The van der Waals surface area contributed by atoms with Crippen LogP contribution in [0, 0.1) is 0 Å². The van der Waals surface area contributed by atoms with Gasteiger partial charge in [-0.25, -0.2) is 4.79 Å². The number of methoxy groups -OCH3 is 2. The van der Waals surface area contributed by atoms with Gasteiger partial charge in [0.15, 0.2) is 17.8 Å². The Labute approximate surface area is 196 Å². The smallest absolute Gasteiger partial charge is 0.338 e. The molecule has 3 rings (SSSR count). The summed E-state index contributed by atoms with van der Waals surface area (Å²) in [6.07, 6.45) is -6.04. The van der Waals surface area contributed by atoms with E-state index in [0.29, 0.717) is 18.8 Å². The molecule has 0 aliphatic carbocycles. The van der Waals surface area contributed by atoms with Crippen LogP contribution >= 0.6 is 11.6 Å². The molecule has 0 aromatic heterocycles. The number of aliphatic hydroxyl groups is 3. The standard InChI is InChI=1S/C23H27ClO9/c1-29-16-11-14(10-15(24)21(16)31-9-8-13-6-4-3-5-7-13)22(28)32-12-17-18(25)19(26)20(27)23(30-2)33-17/h3-7,10-11,17-20,23,25-27H,8-9,12H2,1-2H3/t17-,18-,19+,20-,23-/m1/s1. The van der Waals surface area contributed by atoms with Crippen molar-refractivity contribution >= 4 is 17.6 Å².